The van der Waals surface area contributed by atoms with E-state index in [0.717, 1.165) is 16.9 Å². The molecular formula is C16H17FO2. The van der Waals surface area contributed by atoms with Crippen LogP contribution in [-0.2, 0) is 13.0 Å². The maximum absolute atomic E-state index is 12.7. The number of hydrogen-bond acceptors (Lipinski definition) is 2. The smallest absolute Gasteiger partial charge is 0.123 e. The van der Waals surface area contributed by atoms with Crippen molar-refractivity contribution in [3.63, 3.8) is 0 Å². The molecule has 19 heavy (non-hydrogen) atoms. The van der Waals surface area contributed by atoms with Gasteiger partial charge in [-0.3, -0.25) is 0 Å². The van der Waals surface area contributed by atoms with Gasteiger partial charge in [0.1, 0.15) is 18.2 Å². The number of aliphatic hydroxyl groups is 1. The molecule has 1 N–H and O–H groups in total. The maximum atomic E-state index is 12.7. The van der Waals surface area contributed by atoms with E-state index in [-0.39, 0.29) is 11.9 Å². The molecule has 3 heteroatoms. The third kappa shape index (κ3) is 4.38. The minimum Gasteiger partial charge on any atom is -0.489 e. The molecule has 0 aliphatic heterocycles. The topological polar surface area (TPSA) is 29.5 Å². The first-order valence-electron chi connectivity index (χ1n) is 6.28. The summed E-state index contributed by atoms with van der Waals surface area (Å²) in [5.41, 5.74) is 2.00. The summed E-state index contributed by atoms with van der Waals surface area (Å²) in [7, 11) is 0. The second-order valence-corrected chi connectivity index (χ2v) is 4.61. The third-order valence-electron chi connectivity index (χ3n) is 2.77. The van der Waals surface area contributed by atoms with Gasteiger partial charge in [-0.25, -0.2) is 4.39 Å². The largest absolute Gasteiger partial charge is 0.489 e. The Morgan fingerprint density at radius 1 is 1.00 bits per heavy atom. The Bertz CT molecular complexity index is 503. The molecule has 1 unspecified atom stereocenters. The van der Waals surface area contributed by atoms with Gasteiger partial charge in [0.05, 0.1) is 6.10 Å². The summed E-state index contributed by atoms with van der Waals surface area (Å²) < 4.78 is 18.3. The Hall–Kier alpha value is -1.87. The minimum atomic E-state index is -0.342. The van der Waals surface area contributed by atoms with E-state index in [1.807, 2.05) is 24.3 Å². The van der Waals surface area contributed by atoms with Crippen LogP contribution >= 0.6 is 0 Å². The van der Waals surface area contributed by atoms with Gasteiger partial charge in [-0.2, -0.15) is 0 Å². The Kier molecular flexibility index (Phi) is 4.53. The molecule has 0 amide bonds. The molecule has 0 aliphatic carbocycles. The van der Waals surface area contributed by atoms with Crippen LogP contribution in [0.1, 0.15) is 18.1 Å². The molecule has 0 fully saturated rings. The molecule has 0 saturated carbocycles. The van der Waals surface area contributed by atoms with Crippen LogP contribution in [0.3, 0.4) is 0 Å². The first-order valence-corrected chi connectivity index (χ1v) is 6.28. The van der Waals surface area contributed by atoms with E-state index in [4.69, 9.17) is 4.74 Å². The summed E-state index contributed by atoms with van der Waals surface area (Å²) in [6, 6.07) is 13.9. The summed E-state index contributed by atoms with van der Waals surface area (Å²) in [5.74, 6) is 0.518. The lowest BCUT2D eigenvalue weighted by atomic mass is 10.1. The first-order chi connectivity index (χ1) is 9.13. The van der Waals surface area contributed by atoms with Gasteiger partial charge in [-0.1, -0.05) is 24.3 Å². The summed E-state index contributed by atoms with van der Waals surface area (Å²) >= 11 is 0. The summed E-state index contributed by atoms with van der Waals surface area (Å²) in [5, 5.41) is 9.29. The molecular weight excluding hydrogens is 243 g/mol. The predicted molar refractivity (Wildman–Crippen MR) is 72.6 cm³/mol. The van der Waals surface area contributed by atoms with Crippen molar-refractivity contribution < 1.29 is 14.2 Å². The van der Waals surface area contributed by atoms with E-state index in [2.05, 4.69) is 0 Å². The summed E-state index contributed by atoms with van der Waals surface area (Å²) in [4.78, 5) is 0. The molecule has 1 atom stereocenters. The van der Waals surface area contributed by atoms with Crippen LogP contribution in [0.5, 0.6) is 5.75 Å². The van der Waals surface area contributed by atoms with Crippen LogP contribution in [0, 0.1) is 5.82 Å². The van der Waals surface area contributed by atoms with E-state index >= 15 is 0 Å². The van der Waals surface area contributed by atoms with Crippen molar-refractivity contribution in [1.82, 2.24) is 0 Å². The molecule has 0 bridgehead atoms. The van der Waals surface area contributed by atoms with Gasteiger partial charge in [-0.15, -0.1) is 0 Å². The van der Waals surface area contributed by atoms with Crippen LogP contribution in [0.4, 0.5) is 4.39 Å². The molecule has 0 radical (unpaired) electrons. The number of ether oxygens (including phenoxy) is 1. The molecule has 0 aromatic heterocycles. The van der Waals surface area contributed by atoms with Gasteiger partial charge in [0, 0.05) is 0 Å². The zero-order valence-electron chi connectivity index (χ0n) is 10.8. The highest BCUT2D eigenvalue weighted by Gasteiger charge is 2.00. The fraction of sp³-hybridized carbons (Fsp3) is 0.250. The Morgan fingerprint density at radius 3 is 2.16 bits per heavy atom. The van der Waals surface area contributed by atoms with Crippen LogP contribution in [-0.4, -0.2) is 11.2 Å². The fourth-order valence-electron chi connectivity index (χ4n) is 1.81. The molecule has 0 heterocycles. The van der Waals surface area contributed by atoms with Gasteiger partial charge < -0.3 is 9.84 Å². The van der Waals surface area contributed by atoms with Crippen molar-refractivity contribution in [1.29, 1.82) is 0 Å². The quantitative estimate of drug-likeness (QED) is 0.893. The molecule has 2 aromatic carbocycles. The molecule has 0 spiro atoms. The molecule has 2 rings (SSSR count). The van der Waals surface area contributed by atoms with E-state index in [0.29, 0.717) is 13.0 Å². The lowest BCUT2D eigenvalue weighted by Gasteiger charge is -2.08. The predicted octanol–water partition coefficient (Wildman–Crippen LogP) is 3.33. The van der Waals surface area contributed by atoms with Gasteiger partial charge >= 0.3 is 0 Å². The number of hydrogen-bond donors (Lipinski definition) is 1. The number of benzene rings is 2. The van der Waals surface area contributed by atoms with Crippen LogP contribution < -0.4 is 4.74 Å². The SMILES string of the molecule is CC(O)Cc1ccc(OCc2ccc(F)cc2)cc1. The van der Waals surface area contributed by atoms with Crippen LogP contribution in [0.15, 0.2) is 48.5 Å². The van der Waals surface area contributed by atoms with Gasteiger partial charge in [0.15, 0.2) is 0 Å². The Labute approximate surface area is 112 Å². The Morgan fingerprint density at radius 2 is 1.58 bits per heavy atom. The van der Waals surface area contributed by atoms with Crippen LogP contribution in [0.25, 0.3) is 0 Å². The van der Waals surface area contributed by atoms with E-state index in [9.17, 15) is 9.50 Å². The zero-order chi connectivity index (χ0) is 13.7. The number of halogens is 1. The average molecular weight is 260 g/mol. The van der Waals surface area contributed by atoms with E-state index in [1.54, 1.807) is 19.1 Å². The lowest BCUT2D eigenvalue weighted by molar-refractivity contribution is 0.195. The first kappa shape index (κ1) is 13.6. The number of aliphatic hydroxyl groups excluding tert-OH is 1. The van der Waals surface area contributed by atoms with E-state index < -0.39 is 0 Å². The third-order valence-corrected chi connectivity index (χ3v) is 2.77. The highest BCUT2D eigenvalue weighted by molar-refractivity contribution is 5.28. The average Bonchev–Trinajstić information content (AvgIpc) is 2.39. The van der Waals surface area contributed by atoms with E-state index in [1.165, 1.54) is 12.1 Å². The van der Waals surface area contributed by atoms with Crippen LogP contribution in [0.2, 0.25) is 0 Å². The normalized spacial score (nSPS) is 12.2. The number of rotatable bonds is 5. The van der Waals surface area contributed by atoms with Crippen molar-refractivity contribution in [3.8, 4) is 5.75 Å². The molecule has 2 aromatic rings. The van der Waals surface area contributed by atoms with Crippen molar-refractivity contribution in [2.75, 3.05) is 0 Å². The second-order valence-electron chi connectivity index (χ2n) is 4.61. The lowest BCUT2D eigenvalue weighted by Crippen LogP contribution is -2.03. The highest BCUT2D eigenvalue weighted by Crippen LogP contribution is 2.15. The summed E-state index contributed by atoms with van der Waals surface area (Å²) in [6.07, 6.45) is 0.295. The highest BCUT2D eigenvalue weighted by atomic mass is 19.1. The fourth-order valence-corrected chi connectivity index (χ4v) is 1.81. The van der Waals surface area contributed by atoms with Gasteiger partial charge in [-0.05, 0) is 48.7 Å². The minimum absolute atomic E-state index is 0.244. The molecule has 2 nitrogen and oxygen atoms in total. The molecule has 0 saturated heterocycles. The van der Waals surface area contributed by atoms with Crippen molar-refractivity contribution in [3.05, 3.63) is 65.5 Å². The van der Waals surface area contributed by atoms with Crippen molar-refractivity contribution in [2.45, 2.75) is 26.1 Å². The van der Waals surface area contributed by atoms with Gasteiger partial charge in [0.2, 0.25) is 0 Å². The maximum Gasteiger partial charge on any atom is 0.123 e. The molecule has 0 aliphatic rings. The second kappa shape index (κ2) is 6.34. The summed E-state index contributed by atoms with van der Waals surface area (Å²) in [6.45, 7) is 2.18. The zero-order valence-corrected chi connectivity index (χ0v) is 10.8. The van der Waals surface area contributed by atoms with Gasteiger partial charge in [0.25, 0.3) is 0 Å². The standard InChI is InChI=1S/C16H17FO2/c1-12(18)10-13-4-8-16(9-5-13)19-11-14-2-6-15(17)7-3-14/h2-9,12,18H,10-11H2,1H3. The monoisotopic (exact) mass is 260 g/mol. The van der Waals surface area contributed by atoms with Crippen molar-refractivity contribution in [2.24, 2.45) is 0 Å². The molecule has 100 valence electrons. The van der Waals surface area contributed by atoms with Crippen molar-refractivity contribution >= 4 is 0 Å². The Balaban J connectivity index is 1.91.